The SMILES string of the molecule is CCCCCCCC1CCC(c2ccc(F)cc2)CC1. The molecule has 0 heterocycles. The van der Waals surface area contributed by atoms with E-state index in [1.165, 1.54) is 69.8 Å². The molecule has 0 radical (unpaired) electrons. The molecule has 1 heteroatoms. The fraction of sp³-hybridized carbons (Fsp3) is 0.684. The lowest BCUT2D eigenvalue weighted by atomic mass is 9.77. The molecule has 112 valence electrons. The number of hydrogen-bond donors (Lipinski definition) is 0. The Morgan fingerprint density at radius 2 is 1.55 bits per heavy atom. The summed E-state index contributed by atoms with van der Waals surface area (Å²) in [5.41, 5.74) is 1.34. The van der Waals surface area contributed by atoms with Gasteiger partial charge in [0.15, 0.2) is 0 Å². The fourth-order valence-electron chi connectivity index (χ4n) is 3.56. The van der Waals surface area contributed by atoms with Crippen LogP contribution in [0.15, 0.2) is 24.3 Å². The highest BCUT2D eigenvalue weighted by Gasteiger charge is 2.21. The zero-order chi connectivity index (χ0) is 14.2. The number of unbranched alkanes of at least 4 members (excludes halogenated alkanes) is 4. The van der Waals surface area contributed by atoms with E-state index in [0.717, 1.165) is 5.92 Å². The normalized spacial score (nSPS) is 22.9. The maximum Gasteiger partial charge on any atom is 0.123 e. The zero-order valence-electron chi connectivity index (χ0n) is 12.9. The first-order valence-corrected chi connectivity index (χ1v) is 8.55. The molecule has 0 saturated heterocycles. The van der Waals surface area contributed by atoms with Crippen LogP contribution in [0.5, 0.6) is 0 Å². The van der Waals surface area contributed by atoms with Gasteiger partial charge in [-0.1, -0.05) is 57.6 Å². The first-order valence-electron chi connectivity index (χ1n) is 8.55. The van der Waals surface area contributed by atoms with Crippen LogP contribution in [0.1, 0.15) is 82.6 Å². The molecule has 0 nitrogen and oxygen atoms in total. The second kappa shape index (κ2) is 8.44. The second-order valence-corrected chi connectivity index (χ2v) is 6.47. The van der Waals surface area contributed by atoms with Crippen LogP contribution in [0, 0.1) is 11.7 Å². The first-order chi connectivity index (χ1) is 9.79. The molecular weight excluding hydrogens is 247 g/mol. The van der Waals surface area contributed by atoms with Crippen molar-refractivity contribution in [3.8, 4) is 0 Å². The smallest absolute Gasteiger partial charge is 0.123 e. The summed E-state index contributed by atoms with van der Waals surface area (Å²) in [6.45, 7) is 2.27. The van der Waals surface area contributed by atoms with Gasteiger partial charge in [0.25, 0.3) is 0 Å². The molecule has 0 N–H and O–H groups in total. The van der Waals surface area contributed by atoms with E-state index in [-0.39, 0.29) is 5.82 Å². The summed E-state index contributed by atoms with van der Waals surface area (Å²) >= 11 is 0. The van der Waals surface area contributed by atoms with Crippen LogP contribution in [-0.4, -0.2) is 0 Å². The molecule has 1 saturated carbocycles. The Bertz CT molecular complexity index is 360. The molecule has 0 atom stereocenters. The van der Waals surface area contributed by atoms with Gasteiger partial charge in [-0.3, -0.25) is 0 Å². The van der Waals surface area contributed by atoms with E-state index in [1.807, 2.05) is 12.1 Å². The first kappa shape index (κ1) is 15.5. The van der Waals surface area contributed by atoms with Gasteiger partial charge in [0.2, 0.25) is 0 Å². The molecule has 1 aliphatic rings. The van der Waals surface area contributed by atoms with E-state index in [4.69, 9.17) is 0 Å². The summed E-state index contributed by atoms with van der Waals surface area (Å²) in [7, 11) is 0. The molecule has 1 aliphatic carbocycles. The third-order valence-corrected chi connectivity index (χ3v) is 4.90. The fourth-order valence-corrected chi connectivity index (χ4v) is 3.56. The molecular formula is C19H29F. The van der Waals surface area contributed by atoms with Gasteiger partial charge in [-0.05, 0) is 55.2 Å². The van der Waals surface area contributed by atoms with Crippen LogP contribution >= 0.6 is 0 Å². The predicted molar refractivity (Wildman–Crippen MR) is 84.5 cm³/mol. The predicted octanol–water partition coefficient (Wildman–Crippen LogP) is 6.46. The lowest BCUT2D eigenvalue weighted by molar-refractivity contribution is 0.302. The summed E-state index contributed by atoms with van der Waals surface area (Å²) < 4.78 is 12.9. The highest BCUT2D eigenvalue weighted by molar-refractivity contribution is 5.20. The van der Waals surface area contributed by atoms with Gasteiger partial charge < -0.3 is 0 Å². The van der Waals surface area contributed by atoms with Gasteiger partial charge in [0.1, 0.15) is 5.82 Å². The van der Waals surface area contributed by atoms with Crippen molar-refractivity contribution in [3.63, 3.8) is 0 Å². The second-order valence-electron chi connectivity index (χ2n) is 6.47. The largest absolute Gasteiger partial charge is 0.207 e. The van der Waals surface area contributed by atoms with Crippen molar-refractivity contribution in [3.05, 3.63) is 35.6 Å². The third-order valence-electron chi connectivity index (χ3n) is 4.90. The van der Waals surface area contributed by atoms with E-state index in [1.54, 1.807) is 12.1 Å². The quantitative estimate of drug-likeness (QED) is 0.501. The van der Waals surface area contributed by atoms with Crippen LogP contribution in [0.4, 0.5) is 4.39 Å². The van der Waals surface area contributed by atoms with Crippen LogP contribution < -0.4 is 0 Å². The molecule has 0 aliphatic heterocycles. The highest BCUT2D eigenvalue weighted by atomic mass is 19.1. The van der Waals surface area contributed by atoms with Crippen molar-refractivity contribution in [1.29, 1.82) is 0 Å². The number of hydrogen-bond acceptors (Lipinski definition) is 0. The van der Waals surface area contributed by atoms with Crippen molar-refractivity contribution < 1.29 is 4.39 Å². The summed E-state index contributed by atoms with van der Waals surface area (Å²) in [4.78, 5) is 0. The van der Waals surface area contributed by atoms with Crippen LogP contribution in [0.2, 0.25) is 0 Å². The van der Waals surface area contributed by atoms with Crippen molar-refractivity contribution in [2.45, 2.75) is 77.0 Å². The average Bonchev–Trinajstić information content (AvgIpc) is 2.49. The Morgan fingerprint density at radius 3 is 2.20 bits per heavy atom. The summed E-state index contributed by atoms with van der Waals surface area (Å²) in [5.74, 6) is 1.51. The van der Waals surface area contributed by atoms with Gasteiger partial charge in [-0.2, -0.15) is 0 Å². The molecule has 1 aromatic rings. The minimum Gasteiger partial charge on any atom is -0.207 e. The molecule has 0 aromatic heterocycles. The Hall–Kier alpha value is -0.850. The maximum absolute atomic E-state index is 12.9. The molecule has 0 bridgehead atoms. The van der Waals surface area contributed by atoms with E-state index < -0.39 is 0 Å². The molecule has 1 fully saturated rings. The van der Waals surface area contributed by atoms with E-state index in [0.29, 0.717) is 5.92 Å². The standard InChI is InChI=1S/C19H29F/c1-2-3-4-5-6-7-16-8-10-17(11-9-16)18-12-14-19(20)15-13-18/h12-17H,2-11H2,1H3. The van der Waals surface area contributed by atoms with E-state index >= 15 is 0 Å². The van der Waals surface area contributed by atoms with Gasteiger partial charge >= 0.3 is 0 Å². The minimum atomic E-state index is -0.116. The maximum atomic E-state index is 12.9. The molecule has 1 aromatic carbocycles. The van der Waals surface area contributed by atoms with Crippen LogP contribution in [0.25, 0.3) is 0 Å². The number of benzene rings is 1. The van der Waals surface area contributed by atoms with Crippen molar-refractivity contribution in [2.75, 3.05) is 0 Å². The van der Waals surface area contributed by atoms with Crippen LogP contribution in [-0.2, 0) is 0 Å². The number of rotatable bonds is 7. The topological polar surface area (TPSA) is 0 Å². The third kappa shape index (κ3) is 4.92. The Morgan fingerprint density at radius 1 is 0.900 bits per heavy atom. The van der Waals surface area contributed by atoms with Gasteiger partial charge in [-0.25, -0.2) is 4.39 Å². The van der Waals surface area contributed by atoms with Crippen molar-refractivity contribution in [1.82, 2.24) is 0 Å². The number of halogens is 1. The highest BCUT2D eigenvalue weighted by Crippen LogP contribution is 2.37. The Labute approximate surface area is 123 Å². The monoisotopic (exact) mass is 276 g/mol. The van der Waals surface area contributed by atoms with E-state index in [9.17, 15) is 4.39 Å². The van der Waals surface area contributed by atoms with Crippen molar-refractivity contribution in [2.24, 2.45) is 5.92 Å². The Balaban J connectivity index is 1.66. The Kier molecular flexibility index (Phi) is 6.56. The lowest BCUT2D eigenvalue weighted by Crippen LogP contribution is -2.13. The molecule has 20 heavy (non-hydrogen) atoms. The molecule has 2 rings (SSSR count). The van der Waals surface area contributed by atoms with E-state index in [2.05, 4.69) is 6.92 Å². The van der Waals surface area contributed by atoms with Gasteiger partial charge in [-0.15, -0.1) is 0 Å². The lowest BCUT2D eigenvalue weighted by Gasteiger charge is -2.28. The van der Waals surface area contributed by atoms with Crippen molar-refractivity contribution >= 4 is 0 Å². The summed E-state index contributed by atoms with van der Waals surface area (Å²) in [5, 5.41) is 0. The zero-order valence-corrected chi connectivity index (χ0v) is 12.9. The average molecular weight is 276 g/mol. The van der Waals surface area contributed by atoms with Crippen LogP contribution in [0.3, 0.4) is 0 Å². The summed E-state index contributed by atoms with van der Waals surface area (Å²) in [6.07, 6.45) is 13.8. The minimum absolute atomic E-state index is 0.116. The summed E-state index contributed by atoms with van der Waals surface area (Å²) in [6, 6.07) is 7.17. The van der Waals surface area contributed by atoms with Gasteiger partial charge in [0, 0.05) is 0 Å². The molecule has 0 amide bonds. The van der Waals surface area contributed by atoms with Gasteiger partial charge in [0.05, 0.1) is 0 Å². The molecule has 0 unspecified atom stereocenters. The molecule has 0 spiro atoms.